The summed E-state index contributed by atoms with van der Waals surface area (Å²) in [5, 5.41) is 31.3. The van der Waals surface area contributed by atoms with E-state index in [4.69, 9.17) is 5.11 Å². The van der Waals surface area contributed by atoms with Crippen LogP contribution in [0.2, 0.25) is 0 Å². The zero-order valence-corrected chi connectivity index (χ0v) is 19.5. The highest BCUT2D eigenvalue weighted by molar-refractivity contribution is 6.00. The first-order valence-corrected chi connectivity index (χ1v) is 11.4. The SMILES string of the molecule is CC(C)(O)[C@H](F)CNC(=O)c1cnc(-c2ccc3cccnn23)cc1NC1CC(CNC(=O)O)C1. The Labute approximate surface area is 201 Å². The van der Waals surface area contributed by atoms with E-state index >= 15 is 0 Å². The van der Waals surface area contributed by atoms with Gasteiger partial charge in [0.15, 0.2) is 0 Å². The number of halogens is 1. The largest absolute Gasteiger partial charge is 0.465 e. The van der Waals surface area contributed by atoms with Gasteiger partial charge in [0, 0.05) is 25.0 Å². The Morgan fingerprint density at radius 1 is 1.26 bits per heavy atom. The number of pyridine rings is 1. The number of fused-ring (bicyclic) bond motifs is 1. The van der Waals surface area contributed by atoms with E-state index in [9.17, 15) is 19.1 Å². The van der Waals surface area contributed by atoms with Gasteiger partial charge in [-0.25, -0.2) is 13.7 Å². The number of anilines is 1. The number of hydrogen-bond donors (Lipinski definition) is 5. The topological polar surface area (TPSA) is 141 Å². The minimum Gasteiger partial charge on any atom is -0.465 e. The summed E-state index contributed by atoms with van der Waals surface area (Å²) in [7, 11) is 0. The van der Waals surface area contributed by atoms with E-state index in [2.05, 4.69) is 26.0 Å². The highest BCUT2D eigenvalue weighted by Gasteiger charge is 2.31. The fourth-order valence-corrected chi connectivity index (χ4v) is 4.04. The lowest BCUT2D eigenvalue weighted by Gasteiger charge is -2.36. The van der Waals surface area contributed by atoms with Gasteiger partial charge < -0.3 is 26.2 Å². The summed E-state index contributed by atoms with van der Waals surface area (Å²) in [5.41, 5.74) is 1.45. The lowest BCUT2D eigenvalue weighted by Crippen LogP contribution is -2.43. The summed E-state index contributed by atoms with van der Waals surface area (Å²) in [6.07, 6.45) is 1.90. The lowest BCUT2D eigenvalue weighted by molar-refractivity contribution is -0.00177. The van der Waals surface area contributed by atoms with Crippen molar-refractivity contribution in [3.63, 3.8) is 0 Å². The third kappa shape index (κ3) is 5.68. The van der Waals surface area contributed by atoms with Crippen LogP contribution in [-0.4, -0.2) is 67.7 Å². The van der Waals surface area contributed by atoms with Crippen molar-refractivity contribution < 1.29 is 24.2 Å². The minimum atomic E-state index is -1.64. The van der Waals surface area contributed by atoms with Gasteiger partial charge in [0.25, 0.3) is 5.91 Å². The second kappa shape index (κ2) is 9.87. The maximum absolute atomic E-state index is 14.2. The van der Waals surface area contributed by atoms with Crippen molar-refractivity contribution in [2.45, 2.75) is 44.5 Å². The van der Waals surface area contributed by atoms with Crippen LogP contribution in [0.3, 0.4) is 0 Å². The summed E-state index contributed by atoms with van der Waals surface area (Å²) >= 11 is 0. The van der Waals surface area contributed by atoms with Crippen molar-refractivity contribution in [2.75, 3.05) is 18.4 Å². The molecule has 0 spiro atoms. The number of carboxylic acid groups (broad SMARTS) is 1. The summed E-state index contributed by atoms with van der Waals surface area (Å²) < 4.78 is 15.9. The summed E-state index contributed by atoms with van der Waals surface area (Å²) in [6.45, 7) is 2.72. The number of hydrogen-bond acceptors (Lipinski definition) is 6. The molecular weight excluding hydrogens is 455 g/mol. The fourth-order valence-electron chi connectivity index (χ4n) is 4.04. The lowest BCUT2D eigenvalue weighted by atomic mass is 9.80. The number of aromatic nitrogens is 3. The van der Waals surface area contributed by atoms with Crippen LogP contribution in [0.1, 0.15) is 37.0 Å². The Balaban J connectivity index is 1.56. The van der Waals surface area contributed by atoms with Crippen LogP contribution >= 0.6 is 0 Å². The second-order valence-corrected chi connectivity index (χ2v) is 9.39. The first kappa shape index (κ1) is 24.4. The van der Waals surface area contributed by atoms with Crippen LogP contribution in [0.4, 0.5) is 14.9 Å². The van der Waals surface area contributed by atoms with E-state index in [1.165, 1.54) is 20.0 Å². The first-order chi connectivity index (χ1) is 16.6. The highest BCUT2D eigenvalue weighted by Crippen LogP contribution is 2.32. The third-order valence-electron chi connectivity index (χ3n) is 6.18. The van der Waals surface area contributed by atoms with Crippen molar-refractivity contribution in [2.24, 2.45) is 5.92 Å². The van der Waals surface area contributed by atoms with Crippen LogP contribution in [0.15, 0.2) is 42.7 Å². The molecule has 0 aromatic carbocycles. The Morgan fingerprint density at radius 3 is 2.74 bits per heavy atom. The molecule has 0 bridgehead atoms. The predicted molar refractivity (Wildman–Crippen MR) is 128 cm³/mol. The molecule has 3 heterocycles. The molecule has 1 atom stereocenters. The molecule has 5 N–H and O–H groups in total. The summed E-state index contributed by atoms with van der Waals surface area (Å²) in [4.78, 5) is 28.1. The first-order valence-electron chi connectivity index (χ1n) is 11.4. The Hall–Kier alpha value is -3.73. The van der Waals surface area contributed by atoms with E-state index in [1.807, 2.05) is 24.3 Å². The van der Waals surface area contributed by atoms with Crippen LogP contribution in [0.25, 0.3) is 16.9 Å². The standard InChI is InChI=1S/C24H29FN6O4/c1-24(2,35)21(25)13-27-22(32)17-12-26-19(20-6-5-16-4-3-7-29-31(16)20)10-18(17)30-15-8-14(9-15)11-28-23(33)34/h3-7,10,12,14-15,21,28,35H,8-9,11,13H2,1-2H3,(H,26,30)(H,27,32)(H,33,34)/t14?,15?,21-/m1/s1. The van der Waals surface area contributed by atoms with Crippen molar-refractivity contribution >= 4 is 23.2 Å². The molecule has 186 valence electrons. The van der Waals surface area contributed by atoms with Crippen LogP contribution < -0.4 is 16.0 Å². The molecule has 1 fully saturated rings. The molecule has 3 aromatic rings. The molecule has 2 amide bonds. The van der Waals surface area contributed by atoms with Crippen molar-refractivity contribution in [3.05, 3.63) is 48.3 Å². The molecule has 1 aliphatic rings. The van der Waals surface area contributed by atoms with Crippen LogP contribution in [-0.2, 0) is 0 Å². The van der Waals surface area contributed by atoms with Gasteiger partial charge >= 0.3 is 6.09 Å². The van der Waals surface area contributed by atoms with Crippen LogP contribution in [0.5, 0.6) is 0 Å². The molecule has 35 heavy (non-hydrogen) atoms. The van der Waals surface area contributed by atoms with E-state index < -0.39 is 23.8 Å². The van der Waals surface area contributed by atoms with Crippen molar-refractivity contribution in [1.82, 2.24) is 25.2 Å². The van der Waals surface area contributed by atoms with Gasteiger partial charge in [-0.3, -0.25) is 9.78 Å². The Morgan fingerprint density at radius 2 is 2.03 bits per heavy atom. The van der Waals surface area contributed by atoms with Gasteiger partial charge in [-0.15, -0.1) is 0 Å². The Kier molecular flexibility index (Phi) is 6.88. The smallest absolute Gasteiger partial charge is 0.404 e. The van der Waals surface area contributed by atoms with Gasteiger partial charge in [0.05, 0.1) is 40.3 Å². The molecule has 0 radical (unpaired) electrons. The fraction of sp³-hybridized carbons (Fsp3) is 0.417. The maximum Gasteiger partial charge on any atom is 0.404 e. The van der Waals surface area contributed by atoms with E-state index in [0.29, 0.717) is 17.9 Å². The number of nitrogens with zero attached hydrogens (tertiary/aromatic N) is 3. The molecule has 0 saturated heterocycles. The second-order valence-electron chi connectivity index (χ2n) is 9.39. The molecule has 10 nitrogen and oxygen atoms in total. The van der Waals surface area contributed by atoms with Gasteiger partial charge in [-0.05, 0) is 62.9 Å². The van der Waals surface area contributed by atoms with E-state index in [1.54, 1.807) is 16.8 Å². The normalized spacial score (nSPS) is 18.5. The monoisotopic (exact) mass is 484 g/mol. The summed E-state index contributed by atoms with van der Waals surface area (Å²) in [6, 6.07) is 9.38. The number of nitrogens with one attached hydrogen (secondary N) is 3. The predicted octanol–water partition coefficient (Wildman–Crippen LogP) is 2.69. The van der Waals surface area contributed by atoms with Gasteiger partial charge in [0.2, 0.25) is 0 Å². The maximum atomic E-state index is 14.2. The average Bonchev–Trinajstić information content (AvgIpc) is 3.22. The number of amides is 2. The third-order valence-corrected chi connectivity index (χ3v) is 6.18. The zero-order chi connectivity index (χ0) is 25.2. The number of carbonyl (C=O) groups excluding carboxylic acids is 1. The Bertz CT molecular complexity index is 1220. The summed E-state index contributed by atoms with van der Waals surface area (Å²) in [5.74, 6) is -0.306. The zero-order valence-electron chi connectivity index (χ0n) is 19.5. The molecular formula is C24H29FN6O4. The van der Waals surface area contributed by atoms with Gasteiger partial charge in [-0.1, -0.05) is 0 Å². The van der Waals surface area contributed by atoms with Crippen LogP contribution in [0, 0.1) is 5.92 Å². The van der Waals surface area contributed by atoms with E-state index in [-0.39, 0.29) is 24.1 Å². The quantitative estimate of drug-likeness (QED) is 0.314. The van der Waals surface area contributed by atoms with Gasteiger partial charge in [0.1, 0.15) is 6.17 Å². The minimum absolute atomic E-state index is 0.0462. The number of alkyl halides is 1. The molecule has 3 aromatic heterocycles. The molecule has 1 aliphatic carbocycles. The molecule has 11 heteroatoms. The number of carbonyl (C=O) groups is 2. The van der Waals surface area contributed by atoms with Crippen molar-refractivity contribution in [3.8, 4) is 11.4 Å². The average molecular weight is 485 g/mol. The molecule has 1 saturated carbocycles. The number of rotatable bonds is 9. The van der Waals surface area contributed by atoms with Gasteiger partial charge in [-0.2, -0.15) is 5.10 Å². The highest BCUT2D eigenvalue weighted by atomic mass is 19.1. The van der Waals surface area contributed by atoms with E-state index in [0.717, 1.165) is 24.1 Å². The molecule has 4 rings (SSSR count). The number of aliphatic hydroxyl groups is 1. The molecule has 0 aliphatic heterocycles. The van der Waals surface area contributed by atoms with Crippen molar-refractivity contribution in [1.29, 1.82) is 0 Å². The molecule has 0 unspecified atom stereocenters.